The van der Waals surface area contributed by atoms with Crippen molar-refractivity contribution in [1.29, 1.82) is 0 Å². The summed E-state index contributed by atoms with van der Waals surface area (Å²) >= 11 is 1.60. The predicted molar refractivity (Wildman–Crippen MR) is 102 cm³/mol. The third kappa shape index (κ3) is 4.45. The summed E-state index contributed by atoms with van der Waals surface area (Å²) in [6, 6.07) is 7.51. The van der Waals surface area contributed by atoms with Gasteiger partial charge in [0.1, 0.15) is 11.5 Å². The van der Waals surface area contributed by atoms with Gasteiger partial charge in [-0.3, -0.25) is 14.5 Å². The van der Waals surface area contributed by atoms with Crippen LogP contribution in [0.2, 0.25) is 0 Å². The second-order valence-corrected chi connectivity index (χ2v) is 7.60. The summed E-state index contributed by atoms with van der Waals surface area (Å²) in [4.78, 5) is 27.4. The van der Waals surface area contributed by atoms with Crippen molar-refractivity contribution in [2.24, 2.45) is 11.0 Å². The first-order chi connectivity index (χ1) is 13.0. The summed E-state index contributed by atoms with van der Waals surface area (Å²) in [7, 11) is 3.18. The molecular weight excluding hydrogens is 366 g/mol. The van der Waals surface area contributed by atoms with Crippen LogP contribution in [0.5, 0.6) is 0 Å². The van der Waals surface area contributed by atoms with E-state index in [2.05, 4.69) is 5.10 Å². The van der Waals surface area contributed by atoms with Crippen LogP contribution in [0.25, 0.3) is 0 Å². The van der Waals surface area contributed by atoms with E-state index in [0.29, 0.717) is 18.7 Å². The highest BCUT2D eigenvalue weighted by atomic mass is 32.1. The maximum atomic E-state index is 12.9. The van der Waals surface area contributed by atoms with Crippen molar-refractivity contribution in [2.45, 2.75) is 19.4 Å². The summed E-state index contributed by atoms with van der Waals surface area (Å²) < 4.78 is 10.2. The second-order valence-electron chi connectivity index (χ2n) is 6.62. The highest BCUT2D eigenvalue weighted by Gasteiger charge is 2.35. The van der Waals surface area contributed by atoms with Gasteiger partial charge in [0.15, 0.2) is 0 Å². The van der Waals surface area contributed by atoms with Crippen LogP contribution in [0.1, 0.15) is 30.0 Å². The number of hydrogen-bond donors (Lipinski definition) is 0. The molecule has 3 heterocycles. The Morgan fingerprint density at radius 1 is 1.44 bits per heavy atom. The van der Waals surface area contributed by atoms with Crippen molar-refractivity contribution in [3.8, 4) is 0 Å². The number of hydrogen-bond acceptors (Lipinski definition) is 7. The predicted octanol–water partition coefficient (Wildman–Crippen LogP) is 2.76. The quantitative estimate of drug-likeness (QED) is 0.681. The van der Waals surface area contributed by atoms with Crippen LogP contribution < -0.4 is 0 Å². The minimum atomic E-state index is -0.304. The number of hydrazone groups is 1. The smallest absolute Gasteiger partial charge is 0.309 e. The van der Waals surface area contributed by atoms with Crippen molar-refractivity contribution in [3.05, 3.63) is 46.5 Å². The van der Waals surface area contributed by atoms with Crippen LogP contribution >= 0.6 is 11.3 Å². The third-order valence-electron chi connectivity index (χ3n) is 4.44. The molecule has 2 unspecified atom stereocenters. The molecule has 0 aliphatic carbocycles. The molecule has 2 aromatic heterocycles. The monoisotopic (exact) mass is 389 g/mol. The van der Waals surface area contributed by atoms with Crippen LogP contribution in [0.4, 0.5) is 0 Å². The number of amides is 1. The molecule has 0 aromatic carbocycles. The van der Waals surface area contributed by atoms with Crippen molar-refractivity contribution in [2.75, 3.05) is 27.2 Å². The van der Waals surface area contributed by atoms with Crippen molar-refractivity contribution < 1.29 is 18.7 Å². The number of thiophene rings is 1. The lowest BCUT2D eigenvalue weighted by atomic mass is 10.1. The van der Waals surface area contributed by atoms with E-state index < -0.39 is 0 Å². The fourth-order valence-electron chi connectivity index (χ4n) is 3.15. The number of ether oxygens (including phenoxy) is 1. The van der Waals surface area contributed by atoms with Gasteiger partial charge in [-0.1, -0.05) is 13.0 Å². The average molecular weight is 389 g/mol. The number of rotatable bonds is 7. The molecule has 7 nitrogen and oxygen atoms in total. The Kier molecular flexibility index (Phi) is 6.08. The van der Waals surface area contributed by atoms with Gasteiger partial charge in [0, 0.05) is 17.8 Å². The Labute approximate surface area is 162 Å². The van der Waals surface area contributed by atoms with E-state index in [1.807, 2.05) is 41.6 Å². The number of likely N-dealkylation sites (N-methyl/N-ethyl adjacent to an activating group) is 1. The highest BCUT2D eigenvalue weighted by molar-refractivity contribution is 7.10. The van der Waals surface area contributed by atoms with E-state index >= 15 is 0 Å². The largest absolute Gasteiger partial charge is 0.469 e. The molecule has 144 valence electrons. The number of nitrogens with zero attached hydrogens (tertiary/aromatic N) is 3. The summed E-state index contributed by atoms with van der Waals surface area (Å²) in [5.41, 5.74) is 0.761. The molecule has 0 radical (unpaired) electrons. The molecular formula is C19H23N3O4S. The molecule has 27 heavy (non-hydrogen) atoms. The van der Waals surface area contributed by atoms with Gasteiger partial charge in [0.05, 0.1) is 31.9 Å². The molecule has 3 rings (SSSR count). The normalized spacial score (nSPS) is 17.9. The molecule has 0 spiro atoms. The molecule has 1 aliphatic rings. The molecule has 0 fully saturated rings. The standard InChI is InChI=1S/C19H23N3O4S/c1-13(19(24)25-3)11-21(2)12-18(23)22-15(17-7-5-9-27-17)10-14(20-22)16-6-4-8-26-16/h4-9,13,15H,10-12H2,1-3H3. The van der Waals surface area contributed by atoms with Crippen molar-refractivity contribution in [1.82, 2.24) is 9.91 Å². The van der Waals surface area contributed by atoms with Gasteiger partial charge < -0.3 is 9.15 Å². The Morgan fingerprint density at radius 2 is 2.26 bits per heavy atom. The molecule has 0 saturated carbocycles. The van der Waals surface area contributed by atoms with Gasteiger partial charge in [-0.15, -0.1) is 11.3 Å². The van der Waals surface area contributed by atoms with Crippen LogP contribution in [0.3, 0.4) is 0 Å². The molecule has 2 atom stereocenters. The lowest BCUT2D eigenvalue weighted by Gasteiger charge is -2.24. The SMILES string of the molecule is COC(=O)C(C)CN(C)CC(=O)N1N=C(c2ccco2)CC1c1cccs1. The Morgan fingerprint density at radius 3 is 2.89 bits per heavy atom. The number of methoxy groups -OCH3 is 1. The van der Waals surface area contributed by atoms with Gasteiger partial charge in [-0.2, -0.15) is 5.10 Å². The van der Waals surface area contributed by atoms with E-state index in [1.54, 1.807) is 29.5 Å². The lowest BCUT2D eigenvalue weighted by Crippen LogP contribution is -2.39. The first-order valence-electron chi connectivity index (χ1n) is 8.72. The van der Waals surface area contributed by atoms with E-state index in [4.69, 9.17) is 9.15 Å². The molecule has 0 saturated heterocycles. The summed E-state index contributed by atoms with van der Waals surface area (Å²) in [6.45, 7) is 2.38. The van der Waals surface area contributed by atoms with Gasteiger partial charge in [0.2, 0.25) is 0 Å². The molecule has 0 bridgehead atoms. The van der Waals surface area contributed by atoms with Gasteiger partial charge >= 0.3 is 5.97 Å². The van der Waals surface area contributed by atoms with Crippen LogP contribution in [-0.4, -0.2) is 54.7 Å². The maximum absolute atomic E-state index is 12.9. The zero-order chi connectivity index (χ0) is 19.4. The van der Waals surface area contributed by atoms with Crippen LogP contribution in [-0.2, 0) is 14.3 Å². The van der Waals surface area contributed by atoms with Crippen molar-refractivity contribution >= 4 is 28.9 Å². The second kappa shape index (κ2) is 8.49. The zero-order valence-corrected chi connectivity index (χ0v) is 16.4. The van der Waals surface area contributed by atoms with E-state index in [0.717, 1.165) is 10.6 Å². The molecule has 1 amide bonds. The lowest BCUT2D eigenvalue weighted by molar-refractivity contribution is -0.146. The summed E-state index contributed by atoms with van der Waals surface area (Å²) in [6.07, 6.45) is 2.21. The van der Waals surface area contributed by atoms with Crippen molar-refractivity contribution in [3.63, 3.8) is 0 Å². The summed E-state index contributed by atoms with van der Waals surface area (Å²) in [5.74, 6) is -0.0271. The minimum absolute atomic E-state index is 0.116. The zero-order valence-electron chi connectivity index (χ0n) is 15.6. The molecule has 2 aromatic rings. The van der Waals surface area contributed by atoms with Gasteiger partial charge in [0.25, 0.3) is 5.91 Å². The molecule has 0 N–H and O–H groups in total. The fraction of sp³-hybridized carbons (Fsp3) is 0.421. The Bertz CT molecular complexity index is 801. The van der Waals surface area contributed by atoms with Gasteiger partial charge in [-0.25, -0.2) is 5.01 Å². The number of esters is 1. The number of furan rings is 1. The van der Waals surface area contributed by atoms with Crippen LogP contribution in [0.15, 0.2) is 45.4 Å². The van der Waals surface area contributed by atoms with Gasteiger partial charge in [-0.05, 0) is 30.6 Å². The highest BCUT2D eigenvalue weighted by Crippen LogP contribution is 2.35. The molecule has 8 heteroatoms. The van der Waals surface area contributed by atoms with E-state index in [-0.39, 0.29) is 30.4 Å². The Balaban J connectivity index is 1.72. The first-order valence-corrected chi connectivity index (χ1v) is 9.60. The Hall–Kier alpha value is -2.45. The van der Waals surface area contributed by atoms with E-state index in [1.165, 1.54) is 7.11 Å². The average Bonchev–Trinajstić information content (AvgIpc) is 3.40. The van der Waals surface area contributed by atoms with Crippen LogP contribution in [0, 0.1) is 5.92 Å². The summed E-state index contributed by atoms with van der Waals surface area (Å²) in [5, 5.41) is 8.08. The third-order valence-corrected chi connectivity index (χ3v) is 5.41. The minimum Gasteiger partial charge on any atom is -0.469 e. The maximum Gasteiger partial charge on any atom is 0.309 e. The fourth-order valence-corrected chi connectivity index (χ4v) is 3.96. The van der Waals surface area contributed by atoms with E-state index in [9.17, 15) is 9.59 Å². The first kappa shape index (κ1) is 19.3. The number of carbonyl (C=O) groups excluding carboxylic acids is 2. The number of carbonyl (C=O) groups is 2. The molecule has 1 aliphatic heterocycles. The topological polar surface area (TPSA) is 75.3 Å².